The van der Waals surface area contributed by atoms with Gasteiger partial charge in [-0.05, 0) is 23.6 Å². The third kappa shape index (κ3) is 3.49. The summed E-state index contributed by atoms with van der Waals surface area (Å²) in [5.41, 5.74) is 5.53. The Kier molecular flexibility index (Phi) is 4.51. The molecule has 0 saturated heterocycles. The van der Waals surface area contributed by atoms with Crippen LogP contribution in [0.4, 0.5) is 5.88 Å². The monoisotopic (exact) mass is 374 g/mol. The standard InChI is InChI=1S/C19H14N6OS/c1-13-22-16(10-20)19(26-13)23-21-11-14-12-25(15-6-3-2-4-7-15)24-18(14)17-8-5-9-27-17/h2-9,11-12,23H,1H3/b21-11+. The number of anilines is 1. The number of para-hydroxylation sites is 1. The quantitative estimate of drug-likeness (QED) is 0.417. The van der Waals surface area contributed by atoms with Gasteiger partial charge in [0.05, 0.1) is 16.8 Å². The van der Waals surface area contributed by atoms with Crippen LogP contribution in [-0.4, -0.2) is 21.0 Å². The van der Waals surface area contributed by atoms with Crippen molar-refractivity contribution in [1.29, 1.82) is 5.26 Å². The molecular formula is C19H14N6OS. The second kappa shape index (κ2) is 7.27. The lowest BCUT2D eigenvalue weighted by atomic mass is 10.2. The number of nitrogens with zero attached hydrogens (tertiary/aromatic N) is 5. The molecule has 0 spiro atoms. The number of nitrogens with one attached hydrogen (secondary N) is 1. The predicted octanol–water partition coefficient (Wildman–Crippen LogP) is 4.21. The van der Waals surface area contributed by atoms with Crippen molar-refractivity contribution in [2.75, 3.05) is 5.43 Å². The highest BCUT2D eigenvalue weighted by Gasteiger charge is 2.13. The van der Waals surface area contributed by atoms with E-state index in [1.807, 2.05) is 64.8 Å². The van der Waals surface area contributed by atoms with E-state index < -0.39 is 0 Å². The van der Waals surface area contributed by atoms with E-state index in [-0.39, 0.29) is 11.6 Å². The van der Waals surface area contributed by atoms with Gasteiger partial charge in [-0.25, -0.2) is 15.1 Å². The molecule has 0 amide bonds. The minimum atomic E-state index is 0.170. The van der Waals surface area contributed by atoms with Gasteiger partial charge in [0.1, 0.15) is 11.8 Å². The van der Waals surface area contributed by atoms with E-state index in [0.29, 0.717) is 5.89 Å². The number of hydrogen-bond donors (Lipinski definition) is 1. The van der Waals surface area contributed by atoms with Crippen LogP contribution >= 0.6 is 11.3 Å². The molecule has 0 unspecified atom stereocenters. The molecule has 0 bridgehead atoms. The Bertz CT molecular complexity index is 1120. The van der Waals surface area contributed by atoms with Gasteiger partial charge < -0.3 is 4.42 Å². The molecule has 132 valence electrons. The molecule has 3 heterocycles. The largest absolute Gasteiger partial charge is 0.422 e. The Morgan fingerprint density at radius 1 is 1.26 bits per heavy atom. The van der Waals surface area contributed by atoms with E-state index in [9.17, 15) is 0 Å². The number of aromatic nitrogens is 3. The summed E-state index contributed by atoms with van der Waals surface area (Å²) in [6, 6.07) is 15.8. The van der Waals surface area contributed by atoms with Crippen molar-refractivity contribution in [3.8, 4) is 22.3 Å². The summed E-state index contributed by atoms with van der Waals surface area (Å²) in [6.45, 7) is 1.68. The first kappa shape index (κ1) is 16.8. The number of aryl methyl sites for hydroxylation is 1. The van der Waals surface area contributed by atoms with Crippen LogP contribution in [0.2, 0.25) is 0 Å². The van der Waals surface area contributed by atoms with Crippen LogP contribution in [0, 0.1) is 18.3 Å². The van der Waals surface area contributed by atoms with Gasteiger partial charge in [-0.15, -0.1) is 11.3 Å². The van der Waals surface area contributed by atoms with Crippen LogP contribution in [-0.2, 0) is 0 Å². The lowest BCUT2D eigenvalue weighted by Crippen LogP contribution is -1.93. The van der Waals surface area contributed by atoms with Crippen LogP contribution < -0.4 is 5.43 Å². The van der Waals surface area contributed by atoms with Gasteiger partial charge >= 0.3 is 0 Å². The molecular weight excluding hydrogens is 360 g/mol. The highest BCUT2D eigenvalue weighted by molar-refractivity contribution is 7.13. The summed E-state index contributed by atoms with van der Waals surface area (Å²) in [5.74, 6) is 0.625. The van der Waals surface area contributed by atoms with E-state index in [1.165, 1.54) is 0 Å². The number of thiophene rings is 1. The molecule has 0 radical (unpaired) electrons. The van der Waals surface area contributed by atoms with Crippen molar-refractivity contribution >= 4 is 23.4 Å². The Morgan fingerprint density at radius 3 is 2.85 bits per heavy atom. The highest BCUT2D eigenvalue weighted by Crippen LogP contribution is 2.27. The fourth-order valence-electron chi connectivity index (χ4n) is 2.54. The maximum absolute atomic E-state index is 9.07. The second-order valence-electron chi connectivity index (χ2n) is 5.58. The predicted molar refractivity (Wildman–Crippen MR) is 104 cm³/mol. The molecule has 4 rings (SSSR count). The van der Waals surface area contributed by atoms with Crippen molar-refractivity contribution in [3.05, 3.63) is 71.2 Å². The number of rotatable bonds is 5. The SMILES string of the molecule is Cc1nc(C#N)c(N/N=C/c2cn(-c3ccccc3)nc2-c2cccs2)o1. The molecule has 8 heteroatoms. The first-order chi connectivity index (χ1) is 13.2. The van der Waals surface area contributed by atoms with Crippen LogP contribution in [0.25, 0.3) is 16.3 Å². The summed E-state index contributed by atoms with van der Waals surface area (Å²) in [4.78, 5) is 5.02. The minimum Gasteiger partial charge on any atom is -0.422 e. The van der Waals surface area contributed by atoms with Crippen molar-refractivity contribution in [2.24, 2.45) is 5.10 Å². The zero-order chi connectivity index (χ0) is 18.6. The average Bonchev–Trinajstić information content (AvgIpc) is 3.42. The van der Waals surface area contributed by atoms with Gasteiger partial charge in [-0.3, -0.25) is 0 Å². The number of hydrogen-bond acceptors (Lipinski definition) is 7. The van der Waals surface area contributed by atoms with Crippen LogP contribution in [0.15, 0.2) is 63.6 Å². The summed E-state index contributed by atoms with van der Waals surface area (Å²) < 4.78 is 7.16. The first-order valence-corrected chi connectivity index (χ1v) is 8.98. The number of nitriles is 1. The molecule has 0 aliphatic rings. The number of benzene rings is 1. The normalized spacial score (nSPS) is 11.0. The van der Waals surface area contributed by atoms with Gasteiger partial charge in [-0.2, -0.15) is 15.5 Å². The third-order valence-electron chi connectivity index (χ3n) is 3.73. The van der Waals surface area contributed by atoms with Crippen molar-refractivity contribution in [2.45, 2.75) is 6.92 Å². The second-order valence-corrected chi connectivity index (χ2v) is 6.53. The van der Waals surface area contributed by atoms with E-state index in [0.717, 1.165) is 21.8 Å². The maximum Gasteiger partial charge on any atom is 0.252 e. The summed E-state index contributed by atoms with van der Waals surface area (Å²) in [7, 11) is 0. The van der Waals surface area contributed by atoms with E-state index >= 15 is 0 Å². The van der Waals surface area contributed by atoms with Gasteiger partial charge in [0.2, 0.25) is 5.69 Å². The fraction of sp³-hybridized carbons (Fsp3) is 0.0526. The van der Waals surface area contributed by atoms with Gasteiger partial charge in [0.15, 0.2) is 5.89 Å². The third-order valence-corrected chi connectivity index (χ3v) is 4.60. The zero-order valence-electron chi connectivity index (χ0n) is 14.3. The van der Waals surface area contributed by atoms with Crippen molar-refractivity contribution < 1.29 is 4.42 Å². The van der Waals surface area contributed by atoms with E-state index in [4.69, 9.17) is 14.8 Å². The average molecular weight is 374 g/mol. The van der Waals surface area contributed by atoms with E-state index in [2.05, 4.69) is 15.5 Å². The van der Waals surface area contributed by atoms with Gasteiger partial charge in [-0.1, -0.05) is 24.3 Å². The highest BCUT2D eigenvalue weighted by atomic mass is 32.1. The Morgan fingerprint density at radius 2 is 2.11 bits per heavy atom. The van der Waals surface area contributed by atoms with Gasteiger partial charge in [0.25, 0.3) is 5.88 Å². The lowest BCUT2D eigenvalue weighted by Gasteiger charge is -1.98. The number of oxazole rings is 1. The summed E-state index contributed by atoms with van der Waals surface area (Å²) >= 11 is 1.61. The molecule has 0 saturated carbocycles. The Balaban J connectivity index is 1.67. The molecule has 1 aromatic carbocycles. The molecule has 0 aliphatic carbocycles. The summed E-state index contributed by atoms with van der Waals surface area (Å²) in [6.07, 6.45) is 3.56. The lowest BCUT2D eigenvalue weighted by molar-refractivity contribution is 0.533. The molecule has 1 N–H and O–H groups in total. The van der Waals surface area contributed by atoms with Crippen LogP contribution in [0.3, 0.4) is 0 Å². The van der Waals surface area contributed by atoms with Crippen LogP contribution in [0.5, 0.6) is 0 Å². The smallest absolute Gasteiger partial charge is 0.252 e. The van der Waals surface area contributed by atoms with Crippen molar-refractivity contribution in [3.63, 3.8) is 0 Å². The molecule has 3 aromatic heterocycles. The number of hydrazone groups is 1. The van der Waals surface area contributed by atoms with Crippen LogP contribution in [0.1, 0.15) is 17.1 Å². The summed E-state index contributed by atoms with van der Waals surface area (Å²) in [5, 5.41) is 20.0. The zero-order valence-corrected chi connectivity index (χ0v) is 15.1. The molecule has 0 aliphatic heterocycles. The Hall–Kier alpha value is -3.70. The molecule has 4 aromatic rings. The molecule has 27 heavy (non-hydrogen) atoms. The van der Waals surface area contributed by atoms with Crippen molar-refractivity contribution in [1.82, 2.24) is 14.8 Å². The van der Waals surface area contributed by atoms with E-state index in [1.54, 1.807) is 24.5 Å². The minimum absolute atomic E-state index is 0.170. The Labute approximate surface area is 159 Å². The van der Waals surface area contributed by atoms with Gasteiger partial charge in [0, 0.05) is 18.7 Å². The molecule has 0 atom stereocenters. The first-order valence-electron chi connectivity index (χ1n) is 8.10. The molecule has 0 fully saturated rings. The fourth-order valence-corrected chi connectivity index (χ4v) is 3.27. The topological polar surface area (TPSA) is 92.0 Å². The molecule has 7 nitrogen and oxygen atoms in total. The maximum atomic E-state index is 9.07.